The number of amides is 1. The number of rotatable bonds is 4. The lowest BCUT2D eigenvalue weighted by atomic mass is 9.92. The normalized spacial score (nSPS) is 25.5. The fourth-order valence-corrected chi connectivity index (χ4v) is 5.62. The first-order chi connectivity index (χ1) is 12.8. The molecular weight excluding hydrogens is 369 g/mol. The highest BCUT2D eigenvalue weighted by molar-refractivity contribution is 7.89. The van der Waals surface area contributed by atoms with E-state index in [1.807, 2.05) is 0 Å². The van der Waals surface area contributed by atoms with Crippen molar-refractivity contribution in [1.29, 1.82) is 0 Å². The minimum absolute atomic E-state index is 0.0430. The number of likely N-dealkylation sites (tertiary alicyclic amines) is 1. The van der Waals surface area contributed by atoms with E-state index >= 15 is 0 Å². The van der Waals surface area contributed by atoms with Gasteiger partial charge in [0.05, 0.1) is 11.4 Å². The Morgan fingerprint density at radius 1 is 1.11 bits per heavy atom. The lowest BCUT2D eigenvalue weighted by molar-refractivity contribution is -0.134. The monoisotopic (exact) mass is 397 g/mol. The van der Waals surface area contributed by atoms with Crippen molar-refractivity contribution in [2.45, 2.75) is 25.2 Å². The molecule has 150 valence electrons. The molecule has 8 heteroatoms. The summed E-state index contributed by atoms with van der Waals surface area (Å²) in [6.45, 7) is 7.89. The lowest BCUT2D eigenvalue weighted by Crippen LogP contribution is -2.53. The van der Waals surface area contributed by atoms with Crippen molar-refractivity contribution in [1.82, 2.24) is 14.1 Å². The third-order valence-electron chi connectivity index (χ3n) is 5.33. The SMILES string of the molecule is C[C@H]1C[C@H](C)CN(CC(=O)N2CCN(S(=O)(=O)c3cccc(F)c3)CC2)C1. The summed E-state index contributed by atoms with van der Waals surface area (Å²) in [7, 11) is -3.73. The van der Waals surface area contributed by atoms with Crippen molar-refractivity contribution < 1.29 is 17.6 Å². The summed E-state index contributed by atoms with van der Waals surface area (Å²) in [4.78, 5) is 16.5. The second kappa shape index (κ2) is 8.24. The van der Waals surface area contributed by atoms with Gasteiger partial charge in [0.15, 0.2) is 0 Å². The van der Waals surface area contributed by atoms with Crippen LogP contribution >= 0.6 is 0 Å². The molecule has 0 unspecified atom stereocenters. The summed E-state index contributed by atoms with van der Waals surface area (Å²) in [6, 6.07) is 5.04. The molecule has 2 saturated heterocycles. The molecule has 3 rings (SSSR count). The van der Waals surface area contributed by atoms with Gasteiger partial charge in [0, 0.05) is 39.3 Å². The van der Waals surface area contributed by atoms with E-state index < -0.39 is 15.8 Å². The number of piperidine rings is 1. The van der Waals surface area contributed by atoms with Gasteiger partial charge in [-0.15, -0.1) is 0 Å². The molecule has 0 N–H and O–H groups in total. The van der Waals surface area contributed by atoms with Crippen LogP contribution in [0.2, 0.25) is 0 Å². The van der Waals surface area contributed by atoms with E-state index in [-0.39, 0.29) is 23.9 Å². The van der Waals surface area contributed by atoms with Crippen LogP contribution in [0.5, 0.6) is 0 Å². The highest BCUT2D eigenvalue weighted by Crippen LogP contribution is 2.21. The number of halogens is 1. The molecule has 0 aromatic heterocycles. The van der Waals surface area contributed by atoms with Crippen LogP contribution in [0, 0.1) is 17.7 Å². The van der Waals surface area contributed by atoms with Gasteiger partial charge in [-0.1, -0.05) is 19.9 Å². The molecular formula is C19H28FN3O3S. The van der Waals surface area contributed by atoms with Gasteiger partial charge in [-0.2, -0.15) is 4.31 Å². The maximum absolute atomic E-state index is 13.4. The van der Waals surface area contributed by atoms with Crippen molar-refractivity contribution in [2.75, 3.05) is 45.8 Å². The molecule has 27 heavy (non-hydrogen) atoms. The summed E-state index contributed by atoms with van der Waals surface area (Å²) >= 11 is 0. The molecule has 1 aromatic rings. The molecule has 1 aromatic carbocycles. The zero-order chi connectivity index (χ0) is 19.6. The molecule has 0 saturated carbocycles. The fourth-order valence-electron chi connectivity index (χ4n) is 4.17. The Labute approximate surface area is 161 Å². The number of hydrogen-bond acceptors (Lipinski definition) is 4. The average molecular weight is 398 g/mol. The first-order valence-corrected chi connectivity index (χ1v) is 11.0. The summed E-state index contributed by atoms with van der Waals surface area (Å²) in [5.41, 5.74) is 0. The average Bonchev–Trinajstić information content (AvgIpc) is 2.61. The number of nitrogens with zero attached hydrogens (tertiary/aromatic N) is 3. The Kier molecular flexibility index (Phi) is 6.18. The Balaban J connectivity index is 1.56. The van der Waals surface area contributed by atoms with E-state index in [2.05, 4.69) is 18.7 Å². The maximum Gasteiger partial charge on any atom is 0.243 e. The van der Waals surface area contributed by atoms with Crippen LogP contribution in [0.4, 0.5) is 4.39 Å². The van der Waals surface area contributed by atoms with E-state index in [4.69, 9.17) is 0 Å². The Hall–Kier alpha value is -1.51. The first-order valence-electron chi connectivity index (χ1n) is 9.51. The van der Waals surface area contributed by atoms with Crippen LogP contribution in [0.15, 0.2) is 29.2 Å². The van der Waals surface area contributed by atoms with Gasteiger partial charge >= 0.3 is 0 Å². The molecule has 0 aliphatic carbocycles. The van der Waals surface area contributed by atoms with E-state index in [9.17, 15) is 17.6 Å². The van der Waals surface area contributed by atoms with Gasteiger partial charge in [0.2, 0.25) is 15.9 Å². The standard InChI is InChI=1S/C19H28FN3O3S/c1-15-10-16(2)13-21(12-15)14-19(24)22-6-8-23(9-7-22)27(25,26)18-5-3-4-17(20)11-18/h3-5,11,15-16H,6-10,12-14H2,1-2H3/t15-,16-/m0/s1. The van der Waals surface area contributed by atoms with Crippen LogP contribution < -0.4 is 0 Å². The predicted molar refractivity (Wildman–Crippen MR) is 101 cm³/mol. The largest absolute Gasteiger partial charge is 0.339 e. The third kappa shape index (κ3) is 4.86. The summed E-state index contributed by atoms with van der Waals surface area (Å²) in [5, 5.41) is 0. The Bertz CT molecular complexity index is 768. The zero-order valence-electron chi connectivity index (χ0n) is 16.0. The molecule has 1 amide bonds. The highest BCUT2D eigenvalue weighted by Gasteiger charge is 2.31. The van der Waals surface area contributed by atoms with Gasteiger partial charge in [-0.25, -0.2) is 12.8 Å². The van der Waals surface area contributed by atoms with Crippen molar-refractivity contribution >= 4 is 15.9 Å². The molecule has 2 heterocycles. The molecule has 0 radical (unpaired) electrons. The quantitative estimate of drug-likeness (QED) is 0.775. The number of piperazine rings is 1. The lowest BCUT2D eigenvalue weighted by Gasteiger charge is -2.38. The van der Waals surface area contributed by atoms with Crippen LogP contribution in [0.1, 0.15) is 20.3 Å². The Morgan fingerprint density at radius 3 is 2.33 bits per heavy atom. The number of benzene rings is 1. The second-order valence-corrected chi connectivity index (χ2v) is 9.82. The van der Waals surface area contributed by atoms with E-state index in [1.165, 1.54) is 28.9 Å². The minimum atomic E-state index is -3.73. The van der Waals surface area contributed by atoms with Gasteiger partial charge in [-0.3, -0.25) is 9.69 Å². The molecule has 6 nitrogen and oxygen atoms in total. The first kappa shape index (κ1) is 20.2. The molecule has 2 fully saturated rings. The summed E-state index contributed by atoms with van der Waals surface area (Å²) in [6.07, 6.45) is 1.20. The Morgan fingerprint density at radius 2 is 1.74 bits per heavy atom. The third-order valence-corrected chi connectivity index (χ3v) is 7.22. The highest BCUT2D eigenvalue weighted by atomic mass is 32.2. The number of carbonyl (C=O) groups excluding carboxylic acids is 1. The molecule has 2 atom stereocenters. The van der Waals surface area contributed by atoms with Crippen molar-refractivity contribution in [3.05, 3.63) is 30.1 Å². The number of hydrogen-bond donors (Lipinski definition) is 0. The number of carbonyl (C=O) groups is 1. The topological polar surface area (TPSA) is 60.9 Å². The van der Waals surface area contributed by atoms with Crippen molar-refractivity contribution in [3.8, 4) is 0 Å². The molecule has 2 aliphatic rings. The smallest absolute Gasteiger partial charge is 0.243 e. The summed E-state index contributed by atoms with van der Waals surface area (Å²) < 4.78 is 40.0. The fraction of sp³-hybridized carbons (Fsp3) is 0.632. The molecule has 2 aliphatic heterocycles. The van der Waals surface area contributed by atoms with Crippen molar-refractivity contribution in [2.24, 2.45) is 11.8 Å². The van der Waals surface area contributed by atoms with Crippen LogP contribution in [0.3, 0.4) is 0 Å². The van der Waals surface area contributed by atoms with Crippen molar-refractivity contribution in [3.63, 3.8) is 0 Å². The zero-order valence-corrected chi connectivity index (χ0v) is 16.8. The summed E-state index contributed by atoms with van der Waals surface area (Å²) in [5.74, 6) is 0.665. The van der Waals surface area contributed by atoms with Crippen LogP contribution in [-0.2, 0) is 14.8 Å². The maximum atomic E-state index is 13.4. The second-order valence-electron chi connectivity index (χ2n) is 7.88. The minimum Gasteiger partial charge on any atom is -0.339 e. The van der Waals surface area contributed by atoms with Gasteiger partial charge in [0.1, 0.15) is 5.82 Å². The molecule has 0 spiro atoms. The van der Waals surface area contributed by atoms with E-state index in [0.717, 1.165) is 19.2 Å². The van der Waals surface area contributed by atoms with Crippen LogP contribution in [-0.4, -0.2) is 74.2 Å². The van der Waals surface area contributed by atoms with Gasteiger partial charge < -0.3 is 4.90 Å². The van der Waals surface area contributed by atoms with Gasteiger partial charge in [-0.05, 0) is 36.5 Å². The van der Waals surface area contributed by atoms with Gasteiger partial charge in [0.25, 0.3) is 0 Å². The van der Waals surface area contributed by atoms with E-state index in [0.29, 0.717) is 31.5 Å². The van der Waals surface area contributed by atoms with E-state index in [1.54, 1.807) is 4.90 Å². The van der Waals surface area contributed by atoms with Crippen LogP contribution in [0.25, 0.3) is 0 Å². The predicted octanol–water partition coefficient (Wildman–Crippen LogP) is 1.64. The molecule has 0 bridgehead atoms. The number of sulfonamides is 1.